The van der Waals surface area contributed by atoms with Gasteiger partial charge in [-0.3, -0.25) is 9.89 Å². The van der Waals surface area contributed by atoms with E-state index in [1.165, 1.54) is 0 Å². The van der Waals surface area contributed by atoms with Gasteiger partial charge in [0.25, 0.3) is 5.91 Å². The lowest BCUT2D eigenvalue weighted by Gasteiger charge is -2.32. The van der Waals surface area contributed by atoms with Crippen molar-refractivity contribution >= 4 is 32.9 Å². The monoisotopic (exact) mass is 393 g/mol. The highest BCUT2D eigenvalue weighted by atomic mass is 79.9. The number of hydrogen-bond donors (Lipinski definition) is 3. The van der Waals surface area contributed by atoms with Crippen molar-refractivity contribution in [3.63, 3.8) is 0 Å². The number of aromatic nitrogens is 3. The van der Waals surface area contributed by atoms with Crippen LogP contribution in [0.15, 0.2) is 16.7 Å². The number of aromatic amines is 1. The van der Waals surface area contributed by atoms with Crippen LogP contribution in [0.5, 0.6) is 0 Å². The minimum Gasteiger partial charge on any atom is -0.376 e. The van der Waals surface area contributed by atoms with Gasteiger partial charge in [0.2, 0.25) is 0 Å². The van der Waals surface area contributed by atoms with Crippen LogP contribution in [0.3, 0.4) is 0 Å². The molecule has 0 bridgehead atoms. The maximum atomic E-state index is 12.5. The van der Waals surface area contributed by atoms with Crippen LogP contribution >= 0.6 is 15.9 Å². The third kappa shape index (κ3) is 3.05. The summed E-state index contributed by atoms with van der Waals surface area (Å²) in [4.78, 5) is 16.6. The Bertz CT molecular complexity index is 756. The van der Waals surface area contributed by atoms with E-state index in [9.17, 15) is 4.79 Å². The molecule has 4 heterocycles. The number of fused-ring (bicyclic) bond motifs is 1. The molecule has 2 saturated heterocycles. The first-order chi connectivity index (χ1) is 11.7. The lowest BCUT2D eigenvalue weighted by Crippen LogP contribution is -2.38. The summed E-state index contributed by atoms with van der Waals surface area (Å²) < 4.78 is 6.75. The molecule has 7 nitrogen and oxygen atoms in total. The number of amides is 1. The van der Waals surface area contributed by atoms with Gasteiger partial charge in [0, 0.05) is 17.2 Å². The molecule has 2 aromatic heterocycles. The number of pyridine rings is 1. The quantitative estimate of drug-likeness (QED) is 0.736. The van der Waals surface area contributed by atoms with E-state index in [1.807, 2.05) is 6.07 Å². The zero-order valence-corrected chi connectivity index (χ0v) is 14.9. The van der Waals surface area contributed by atoms with E-state index in [1.54, 1.807) is 6.20 Å². The van der Waals surface area contributed by atoms with E-state index in [2.05, 4.69) is 41.7 Å². The number of carbonyl (C=O) groups excluding carboxylic acids is 1. The summed E-state index contributed by atoms with van der Waals surface area (Å²) in [5.41, 5.74) is 1.28. The number of carbonyl (C=O) groups is 1. The SMILES string of the molecule is O=C(NCC1CC2(CCNCC2)CO1)c1[nH]nc2ncc(Br)cc12. The zero-order chi connectivity index (χ0) is 16.6. The van der Waals surface area contributed by atoms with Crippen molar-refractivity contribution in [2.24, 2.45) is 5.41 Å². The van der Waals surface area contributed by atoms with Gasteiger partial charge < -0.3 is 15.4 Å². The van der Waals surface area contributed by atoms with E-state index in [4.69, 9.17) is 4.74 Å². The molecule has 0 aromatic carbocycles. The molecule has 24 heavy (non-hydrogen) atoms. The Labute approximate surface area is 148 Å². The number of halogens is 1. The molecule has 1 unspecified atom stereocenters. The summed E-state index contributed by atoms with van der Waals surface area (Å²) in [6.45, 7) is 3.45. The number of H-pyrrole nitrogens is 1. The van der Waals surface area contributed by atoms with Gasteiger partial charge in [-0.1, -0.05) is 0 Å². The van der Waals surface area contributed by atoms with Crippen LogP contribution in [0.1, 0.15) is 29.8 Å². The second kappa shape index (κ2) is 6.42. The largest absolute Gasteiger partial charge is 0.376 e. The second-order valence-corrected chi connectivity index (χ2v) is 7.64. The fraction of sp³-hybridized carbons (Fsp3) is 0.562. The molecule has 2 fully saturated rings. The van der Waals surface area contributed by atoms with Crippen molar-refractivity contribution in [2.45, 2.75) is 25.4 Å². The number of nitrogens with zero attached hydrogens (tertiary/aromatic N) is 2. The Balaban J connectivity index is 1.39. The van der Waals surface area contributed by atoms with E-state index >= 15 is 0 Å². The molecule has 8 heteroatoms. The van der Waals surface area contributed by atoms with Crippen molar-refractivity contribution < 1.29 is 9.53 Å². The van der Waals surface area contributed by atoms with Gasteiger partial charge >= 0.3 is 0 Å². The lowest BCUT2D eigenvalue weighted by atomic mass is 9.77. The molecule has 2 aliphatic rings. The first-order valence-corrected chi connectivity index (χ1v) is 9.05. The van der Waals surface area contributed by atoms with Crippen molar-refractivity contribution in [1.82, 2.24) is 25.8 Å². The minimum absolute atomic E-state index is 0.0890. The molecule has 1 atom stereocenters. The summed E-state index contributed by atoms with van der Waals surface area (Å²) in [5, 5.41) is 13.9. The molecule has 4 rings (SSSR count). The topological polar surface area (TPSA) is 91.9 Å². The van der Waals surface area contributed by atoms with Crippen LogP contribution in [0, 0.1) is 5.41 Å². The first kappa shape index (κ1) is 16.0. The van der Waals surface area contributed by atoms with E-state index in [0.29, 0.717) is 28.7 Å². The van der Waals surface area contributed by atoms with Crippen LogP contribution in [0.25, 0.3) is 11.0 Å². The van der Waals surface area contributed by atoms with Crippen molar-refractivity contribution in [3.05, 3.63) is 22.4 Å². The fourth-order valence-corrected chi connectivity index (χ4v) is 4.01. The Hall–Kier alpha value is -1.51. The van der Waals surface area contributed by atoms with E-state index in [0.717, 1.165) is 43.4 Å². The van der Waals surface area contributed by atoms with Crippen molar-refractivity contribution in [3.8, 4) is 0 Å². The average Bonchev–Trinajstić information content (AvgIpc) is 3.17. The van der Waals surface area contributed by atoms with Crippen LogP contribution in [0.4, 0.5) is 0 Å². The van der Waals surface area contributed by atoms with Crippen LogP contribution in [-0.4, -0.2) is 53.4 Å². The molecule has 0 saturated carbocycles. The number of rotatable bonds is 3. The molecule has 3 N–H and O–H groups in total. The third-order valence-electron chi connectivity index (χ3n) is 5.04. The Morgan fingerprint density at radius 2 is 2.29 bits per heavy atom. The summed E-state index contributed by atoms with van der Waals surface area (Å²) in [6, 6.07) is 1.84. The summed E-state index contributed by atoms with van der Waals surface area (Å²) >= 11 is 3.37. The maximum Gasteiger partial charge on any atom is 0.270 e. The summed E-state index contributed by atoms with van der Waals surface area (Å²) in [5.74, 6) is -0.174. The van der Waals surface area contributed by atoms with Crippen molar-refractivity contribution in [2.75, 3.05) is 26.2 Å². The highest BCUT2D eigenvalue weighted by Gasteiger charge is 2.40. The Morgan fingerprint density at radius 3 is 3.12 bits per heavy atom. The van der Waals surface area contributed by atoms with Gasteiger partial charge in [0.1, 0.15) is 5.69 Å². The summed E-state index contributed by atoms with van der Waals surface area (Å²) in [7, 11) is 0. The fourth-order valence-electron chi connectivity index (χ4n) is 3.67. The molecule has 128 valence electrons. The summed E-state index contributed by atoms with van der Waals surface area (Å²) in [6.07, 6.45) is 5.08. The molecular formula is C16H20BrN5O2. The molecule has 2 aliphatic heterocycles. The third-order valence-corrected chi connectivity index (χ3v) is 5.48. The smallest absolute Gasteiger partial charge is 0.270 e. The second-order valence-electron chi connectivity index (χ2n) is 6.72. The number of ether oxygens (including phenoxy) is 1. The van der Waals surface area contributed by atoms with Crippen LogP contribution < -0.4 is 10.6 Å². The van der Waals surface area contributed by atoms with Gasteiger partial charge in [0.15, 0.2) is 5.65 Å². The lowest BCUT2D eigenvalue weighted by molar-refractivity contribution is 0.0780. The van der Waals surface area contributed by atoms with Crippen LogP contribution in [0.2, 0.25) is 0 Å². The predicted molar refractivity (Wildman–Crippen MR) is 92.8 cm³/mol. The van der Waals surface area contributed by atoms with Gasteiger partial charge in [-0.05, 0) is 59.8 Å². The normalized spacial score (nSPS) is 23.0. The first-order valence-electron chi connectivity index (χ1n) is 8.25. The van der Waals surface area contributed by atoms with Gasteiger partial charge in [-0.15, -0.1) is 0 Å². The Morgan fingerprint density at radius 1 is 1.46 bits per heavy atom. The molecule has 1 spiro atoms. The predicted octanol–water partition coefficient (Wildman–Crippen LogP) is 1.61. The highest BCUT2D eigenvalue weighted by Crippen LogP contribution is 2.40. The maximum absolute atomic E-state index is 12.5. The minimum atomic E-state index is -0.174. The standard InChI is InChI=1S/C16H20BrN5O2/c17-10-5-12-13(21-22-14(12)19-7-10)15(23)20-8-11-6-16(9-24-11)1-3-18-4-2-16/h5,7,11,18H,1-4,6,8-9H2,(H,20,23)(H,19,21,22). The van der Waals surface area contributed by atoms with Gasteiger partial charge in [-0.2, -0.15) is 5.10 Å². The molecule has 0 aliphatic carbocycles. The zero-order valence-electron chi connectivity index (χ0n) is 13.3. The van der Waals surface area contributed by atoms with Gasteiger partial charge in [0.05, 0.1) is 18.1 Å². The van der Waals surface area contributed by atoms with E-state index < -0.39 is 0 Å². The average molecular weight is 394 g/mol. The molecule has 0 radical (unpaired) electrons. The number of hydrogen-bond acceptors (Lipinski definition) is 5. The highest BCUT2D eigenvalue weighted by molar-refractivity contribution is 9.10. The van der Waals surface area contributed by atoms with Crippen LogP contribution in [-0.2, 0) is 4.74 Å². The van der Waals surface area contributed by atoms with Crippen molar-refractivity contribution in [1.29, 1.82) is 0 Å². The molecular weight excluding hydrogens is 374 g/mol. The number of piperidine rings is 1. The molecule has 2 aromatic rings. The Kier molecular flexibility index (Phi) is 4.28. The number of nitrogens with one attached hydrogen (secondary N) is 3. The van der Waals surface area contributed by atoms with Gasteiger partial charge in [-0.25, -0.2) is 4.98 Å². The molecule has 1 amide bonds. The van der Waals surface area contributed by atoms with E-state index in [-0.39, 0.29) is 12.0 Å².